The number of H-pyrrole nitrogens is 1. The summed E-state index contributed by atoms with van der Waals surface area (Å²) in [6.45, 7) is 5.42. The number of carbonyl (C=O) groups excluding carboxylic acids is 1. The second-order valence-corrected chi connectivity index (χ2v) is 7.03. The smallest absolute Gasteiger partial charge is 0.344 e. The maximum Gasteiger partial charge on any atom is 0.344 e. The maximum absolute atomic E-state index is 11.7. The van der Waals surface area contributed by atoms with Gasteiger partial charge in [0.05, 0.1) is 12.3 Å². The van der Waals surface area contributed by atoms with E-state index in [2.05, 4.69) is 15.3 Å². The topological polar surface area (TPSA) is 81.5 Å². The first-order valence-corrected chi connectivity index (χ1v) is 9.55. The van der Waals surface area contributed by atoms with Gasteiger partial charge in [0.1, 0.15) is 5.75 Å². The largest absolute Gasteiger partial charge is 0.481 e. The number of rotatable bonds is 7. The molecule has 0 unspecified atom stereocenters. The van der Waals surface area contributed by atoms with Gasteiger partial charge in [-0.05, 0) is 45.1 Å². The zero-order chi connectivity index (χ0) is 20.8. The van der Waals surface area contributed by atoms with Crippen LogP contribution in [0.25, 0.3) is 11.4 Å². The van der Waals surface area contributed by atoms with E-state index in [1.54, 1.807) is 30.8 Å². The molecule has 7 nitrogen and oxygen atoms in total. The molecule has 0 bridgehead atoms. The van der Waals surface area contributed by atoms with Gasteiger partial charge in [-0.1, -0.05) is 42.0 Å². The van der Waals surface area contributed by atoms with Crippen LogP contribution in [0.4, 0.5) is 0 Å². The number of benzene rings is 2. The van der Waals surface area contributed by atoms with E-state index in [1.807, 2.05) is 49.4 Å². The molecule has 8 heteroatoms. The van der Waals surface area contributed by atoms with Crippen molar-refractivity contribution in [1.29, 1.82) is 0 Å². The summed E-state index contributed by atoms with van der Waals surface area (Å²) in [5.41, 5.74) is 2.74. The molecule has 150 valence electrons. The van der Waals surface area contributed by atoms with E-state index in [0.717, 1.165) is 11.1 Å². The second kappa shape index (κ2) is 9.29. The highest BCUT2D eigenvalue weighted by molar-refractivity contribution is 7.71. The number of esters is 1. The molecule has 1 aromatic heterocycles. The van der Waals surface area contributed by atoms with Gasteiger partial charge < -0.3 is 9.47 Å². The first-order chi connectivity index (χ1) is 13.9. The highest BCUT2D eigenvalue weighted by Gasteiger charge is 2.10. The van der Waals surface area contributed by atoms with E-state index in [9.17, 15) is 4.79 Å². The van der Waals surface area contributed by atoms with Crippen LogP contribution in [0.3, 0.4) is 0 Å². The lowest BCUT2D eigenvalue weighted by Crippen LogP contribution is -2.19. The molecule has 2 aromatic carbocycles. The molecule has 0 amide bonds. The molecule has 1 heterocycles. The van der Waals surface area contributed by atoms with E-state index < -0.39 is 5.97 Å². The molecule has 0 fully saturated rings. The number of aryl methyl sites for hydroxylation is 1. The fraction of sp³-hybridized carbons (Fsp3) is 0.238. The zero-order valence-corrected chi connectivity index (χ0v) is 17.3. The molecular formula is C21H22N4O3S. The number of ether oxygens (including phenoxy) is 2. The average molecular weight is 410 g/mol. The Labute approximate surface area is 174 Å². The van der Waals surface area contributed by atoms with Gasteiger partial charge >= 0.3 is 5.97 Å². The lowest BCUT2D eigenvalue weighted by Gasteiger charge is -2.10. The van der Waals surface area contributed by atoms with Gasteiger partial charge in [-0.25, -0.2) is 9.89 Å². The predicted molar refractivity (Wildman–Crippen MR) is 114 cm³/mol. The van der Waals surface area contributed by atoms with Gasteiger partial charge in [-0.2, -0.15) is 14.9 Å². The number of aromatic amines is 1. The average Bonchev–Trinajstić information content (AvgIpc) is 3.06. The first-order valence-electron chi connectivity index (χ1n) is 9.14. The first kappa shape index (κ1) is 20.5. The van der Waals surface area contributed by atoms with Gasteiger partial charge in [0.25, 0.3) is 0 Å². The lowest BCUT2D eigenvalue weighted by molar-refractivity contribution is -0.149. The molecule has 3 aromatic rings. The Morgan fingerprint density at radius 2 is 1.97 bits per heavy atom. The molecule has 29 heavy (non-hydrogen) atoms. The molecule has 0 aliphatic rings. The predicted octanol–water partition coefficient (Wildman–Crippen LogP) is 4.13. The number of hydrogen-bond acceptors (Lipinski definition) is 6. The Bertz CT molecular complexity index is 1070. The third kappa shape index (κ3) is 5.39. The van der Waals surface area contributed by atoms with Crippen molar-refractivity contribution >= 4 is 24.4 Å². The SMILES string of the molecule is Cc1ccc(-c2n[nH]c(=S)n2/N=C\c2ccccc2OCC(=O)OC(C)C)cc1. The summed E-state index contributed by atoms with van der Waals surface area (Å²) in [5.74, 6) is 0.694. The fourth-order valence-corrected chi connectivity index (χ4v) is 2.74. The quantitative estimate of drug-likeness (QED) is 0.360. The van der Waals surface area contributed by atoms with Gasteiger partial charge in [-0.15, -0.1) is 0 Å². The summed E-state index contributed by atoms with van der Waals surface area (Å²) in [6.07, 6.45) is 1.43. The highest BCUT2D eigenvalue weighted by atomic mass is 32.1. The molecule has 0 spiro atoms. The van der Waals surface area contributed by atoms with Crippen LogP contribution in [0.1, 0.15) is 25.0 Å². The number of para-hydroxylation sites is 1. The normalized spacial score (nSPS) is 11.2. The summed E-state index contributed by atoms with van der Waals surface area (Å²) in [7, 11) is 0. The van der Waals surface area contributed by atoms with Crippen LogP contribution < -0.4 is 4.74 Å². The van der Waals surface area contributed by atoms with Crippen LogP contribution in [0, 0.1) is 11.7 Å². The van der Waals surface area contributed by atoms with Crippen molar-refractivity contribution < 1.29 is 14.3 Å². The van der Waals surface area contributed by atoms with Crippen molar-refractivity contribution in [3.05, 3.63) is 64.4 Å². The monoisotopic (exact) mass is 410 g/mol. The minimum atomic E-state index is -0.426. The minimum Gasteiger partial charge on any atom is -0.481 e. The number of carbonyl (C=O) groups is 1. The molecule has 0 saturated heterocycles. The molecule has 0 saturated carbocycles. The zero-order valence-electron chi connectivity index (χ0n) is 16.5. The van der Waals surface area contributed by atoms with Gasteiger partial charge in [-0.3, -0.25) is 0 Å². The molecular weight excluding hydrogens is 388 g/mol. The molecule has 0 radical (unpaired) electrons. The maximum atomic E-state index is 11.7. The van der Waals surface area contributed by atoms with E-state index in [4.69, 9.17) is 21.7 Å². The van der Waals surface area contributed by atoms with Gasteiger partial charge in [0.15, 0.2) is 12.4 Å². The fourth-order valence-electron chi connectivity index (χ4n) is 2.56. The Morgan fingerprint density at radius 1 is 1.24 bits per heavy atom. The second-order valence-electron chi connectivity index (χ2n) is 6.64. The third-order valence-electron chi connectivity index (χ3n) is 3.90. The standard InChI is InChI=1S/C21H22N4O3S/c1-14(2)28-19(26)13-27-18-7-5-4-6-17(18)12-22-25-20(23-24-21(25)29)16-10-8-15(3)9-11-16/h4-12,14H,13H2,1-3H3,(H,24,29)/b22-12-. The number of nitrogens with zero attached hydrogens (tertiary/aromatic N) is 3. The molecule has 0 atom stereocenters. The van der Waals surface area contributed by atoms with E-state index in [1.165, 1.54) is 0 Å². The Hall–Kier alpha value is -3.26. The number of nitrogens with one attached hydrogen (secondary N) is 1. The van der Waals surface area contributed by atoms with Crippen LogP contribution in [-0.2, 0) is 9.53 Å². The number of hydrogen-bond donors (Lipinski definition) is 1. The molecule has 0 aliphatic carbocycles. The van der Waals surface area contributed by atoms with Crippen LogP contribution in [0.2, 0.25) is 0 Å². The van der Waals surface area contributed by atoms with Gasteiger partial charge in [0, 0.05) is 11.1 Å². The van der Waals surface area contributed by atoms with Crippen LogP contribution in [-0.4, -0.2) is 39.8 Å². The van der Waals surface area contributed by atoms with E-state index >= 15 is 0 Å². The van der Waals surface area contributed by atoms with Crippen LogP contribution in [0.15, 0.2) is 53.6 Å². The minimum absolute atomic E-state index is 0.178. The van der Waals surface area contributed by atoms with Crippen molar-refractivity contribution in [2.75, 3.05) is 6.61 Å². The van der Waals surface area contributed by atoms with Crippen molar-refractivity contribution in [3.63, 3.8) is 0 Å². The summed E-state index contributed by atoms with van der Waals surface area (Å²) < 4.78 is 12.6. The molecule has 0 aliphatic heterocycles. The summed E-state index contributed by atoms with van der Waals surface area (Å²) in [5, 5.41) is 11.5. The lowest BCUT2D eigenvalue weighted by atomic mass is 10.1. The highest BCUT2D eigenvalue weighted by Crippen LogP contribution is 2.19. The molecule has 3 rings (SSSR count). The number of aromatic nitrogens is 3. The summed E-state index contributed by atoms with van der Waals surface area (Å²) >= 11 is 5.31. The van der Waals surface area contributed by atoms with Crippen LogP contribution >= 0.6 is 12.2 Å². The summed E-state index contributed by atoms with van der Waals surface area (Å²) in [4.78, 5) is 11.7. The summed E-state index contributed by atoms with van der Waals surface area (Å²) in [6, 6.07) is 15.2. The van der Waals surface area contributed by atoms with Gasteiger partial charge in [0.2, 0.25) is 4.77 Å². The Kier molecular flexibility index (Phi) is 6.56. The molecule has 1 N–H and O–H groups in total. The third-order valence-corrected chi connectivity index (χ3v) is 4.17. The Balaban J connectivity index is 1.83. The van der Waals surface area contributed by atoms with Crippen molar-refractivity contribution in [2.24, 2.45) is 5.10 Å². The van der Waals surface area contributed by atoms with Crippen molar-refractivity contribution in [2.45, 2.75) is 26.9 Å². The van der Waals surface area contributed by atoms with E-state index in [0.29, 0.717) is 21.9 Å². The van der Waals surface area contributed by atoms with Crippen LogP contribution in [0.5, 0.6) is 5.75 Å². The van der Waals surface area contributed by atoms with Crippen molar-refractivity contribution in [1.82, 2.24) is 14.9 Å². The van der Waals surface area contributed by atoms with E-state index in [-0.39, 0.29) is 12.7 Å². The Morgan fingerprint density at radius 3 is 2.69 bits per heavy atom. The van der Waals surface area contributed by atoms with Crippen molar-refractivity contribution in [3.8, 4) is 17.1 Å².